The van der Waals surface area contributed by atoms with E-state index in [0.29, 0.717) is 5.69 Å². The van der Waals surface area contributed by atoms with Crippen LogP contribution in [0, 0.1) is 25.7 Å². The van der Waals surface area contributed by atoms with E-state index in [2.05, 4.69) is 0 Å². The van der Waals surface area contributed by atoms with E-state index in [1.54, 1.807) is 0 Å². The number of imide groups is 1. The zero-order chi connectivity index (χ0) is 21.7. The van der Waals surface area contributed by atoms with Gasteiger partial charge in [0.15, 0.2) is 0 Å². The molecule has 3 aromatic rings. The van der Waals surface area contributed by atoms with Crippen molar-refractivity contribution >= 4 is 40.7 Å². The van der Waals surface area contributed by atoms with Gasteiger partial charge in [0.05, 0.1) is 17.5 Å². The Kier molecular flexibility index (Phi) is 3.69. The van der Waals surface area contributed by atoms with E-state index in [1.807, 2.05) is 80.6 Å². The van der Waals surface area contributed by atoms with E-state index < -0.39 is 21.6 Å². The van der Waals surface area contributed by atoms with Crippen molar-refractivity contribution in [2.24, 2.45) is 11.8 Å². The number of hydrogen-bond donors (Lipinski definition) is 0. The number of benzene rings is 3. The third-order valence-electron chi connectivity index (χ3n) is 7.25. The molecule has 5 heteroatoms. The highest BCUT2D eigenvalue weighted by Gasteiger charge is 2.73. The molecule has 1 saturated heterocycles. The largest absolute Gasteiger partial charge is 0.274 e. The summed E-state index contributed by atoms with van der Waals surface area (Å²) in [5, 5.41) is 0. The zero-order valence-corrected chi connectivity index (χ0v) is 18.5. The quantitative estimate of drug-likeness (QED) is 0.369. The van der Waals surface area contributed by atoms with Gasteiger partial charge in [0.2, 0.25) is 11.8 Å². The molecule has 0 N–H and O–H groups in total. The first-order valence-electron chi connectivity index (χ1n) is 10.3. The Labute approximate surface area is 190 Å². The van der Waals surface area contributed by atoms with E-state index >= 15 is 0 Å². The maximum atomic E-state index is 14.0. The van der Waals surface area contributed by atoms with E-state index in [0.717, 1.165) is 33.4 Å². The fourth-order valence-electron chi connectivity index (χ4n) is 6.05. The van der Waals surface area contributed by atoms with E-state index in [4.69, 9.17) is 23.2 Å². The minimum absolute atomic E-state index is 0.281. The predicted molar refractivity (Wildman–Crippen MR) is 122 cm³/mol. The highest BCUT2D eigenvalue weighted by atomic mass is 35.5. The van der Waals surface area contributed by atoms with Gasteiger partial charge in [0, 0.05) is 0 Å². The lowest BCUT2D eigenvalue weighted by Crippen LogP contribution is -2.57. The summed E-state index contributed by atoms with van der Waals surface area (Å²) in [6.45, 7) is 3.83. The molecule has 1 heterocycles. The second kappa shape index (κ2) is 5.99. The number of rotatable bonds is 1. The van der Waals surface area contributed by atoms with Crippen molar-refractivity contribution < 1.29 is 9.59 Å². The molecule has 0 unspecified atom stereocenters. The SMILES string of the molecule is Cc1cccc(C)c1N1C(=O)[C@@H]2[C@@H](C1=O)C1(Cl)c3ccccc3C2(Cl)c2ccccc21. The summed E-state index contributed by atoms with van der Waals surface area (Å²) in [6, 6.07) is 21.1. The van der Waals surface area contributed by atoms with Gasteiger partial charge in [-0.2, -0.15) is 0 Å². The van der Waals surface area contributed by atoms with E-state index in [1.165, 1.54) is 4.90 Å². The average molecular weight is 448 g/mol. The van der Waals surface area contributed by atoms with Crippen molar-refractivity contribution in [2.75, 3.05) is 4.90 Å². The highest BCUT2D eigenvalue weighted by Crippen LogP contribution is 2.69. The van der Waals surface area contributed by atoms with Crippen LogP contribution in [0.1, 0.15) is 33.4 Å². The van der Waals surface area contributed by atoms with E-state index in [9.17, 15) is 9.59 Å². The number of amides is 2. The molecule has 0 radical (unpaired) electrons. The van der Waals surface area contributed by atoms with Crippen LogP contribution in [0.5, 0.6) is 0 Å². The van der Waals surface area contributed by atoms with Gasteiger partial charge < -0.3 is 0 Å². The number of para-hydroxylation sites is 1. The third kappa shape index (κ3) is 2.02. The molecule has 154 valence electrons. The Morgan fingerprint density at radius 1 is 0.645 bits per heavy atom. The normalized spacial score (nSPS) is 30.3. The van der Waals surface area contributed by atoms with Gasteiger partial charge in [-0.25, -0.2) is 4.90 Å². The smallest absolute Gasteiger partial charge is 0.240 e. The van der Waals surface area contributed by atoms with Gasteiger partial charge in [-0.3, -0.25) is 9.59 Å². The van der Waals surface area contributed by atoms with Crippen LogP contribution in [-0.4, -0.2) is 11.8 Å². The van der Waals surface area contributed by atoms with Gasteiger partial charge in [0.25, 0.3) is 0 Å². The first kappa shape index (κ1) is 19.1. The summed E-state index contributed by atoms with van der Waals surface area (Å²) in [6.07, 6.45) is 0. The Bertz CT molecular complexity index is 1170. The summed E-state index contributed by atoms with van der Waals surface area (Å²) < 4.78 is 0. The molecule has 1 aliphatic heterocycles. The van der Waals surface area contributed by atoms with Crippen LogP contribution in [0.15, 0.2) is 66.7 Å². The highest BCUT2D eigenvalue weighted by molar-refractivity contribution is 6.38. The molecule has 1 fully saturated rings. The molecule has 0 spiro atoms. The Hall–Kier alpha value is -2.62. The Morgan fingerprint density at radius 3 is 1.35 bits per heavy atom. The van der Waals surface area contributed by atoms with E-state index in [-0.39, 0.29) is 11.8 Å². The predicted octanol–water partition coefficient (Wildman–Crippen LogP) is 5.40. The standard InChI is InChI=1S/C26H19Cl2NO2/c1-14-8-7-9-15(2)22(14)29-23(30)20-21(24(29)31)26(28)17-11-4-3-10-16(17)25(20,27)18-12-5-6-13-19(18)26/h3-13,20-21H,1-2H3/t20-,21-,25?,26?/m0/s1. The molecule has 4 aliphatic rings. The number of carbonyl (C=O) groups is 2. The third-order valence-corrected chi connectivity index (χ3v) is 8.53. The average Bonchev–Trinajstić information content (AvgIpc) is 3.04. The van der Waals surface area contributed by atoms with Crippen molar-refractivity contribution in [1.82, 2.24) is 0 Å². The summed E-state index contributed by atoms with van der Waals surface area (Å²) in [5.74, 6) is -2.11. The number of aryl methyl sites for hydroxylation is 2. The molecular formula is C26H19Cl2NO2. The first-order valence-corrected chi connectivity index (χ1v) is 11.1. The van der Waals surface area contributed by atoms with Crippen molar-refractivity contribution in [3.63, 3.8) is 0 Å². The monoisotopic (exact) mass is 447 g/mol. The molecule has 2 amide bonds. The molecule has 2 bridgehead atoms. The van der Waals surface area contributed by atoms with Crippen LogP contribution in [0.4, 0.5) is 5.69 Å². The van der Waals surface area contributed by atoms with Gasteiger partial charge in [-0.05, 0) is 47.2 Å². The fraction of sp³-hybridized carbons (Fsp3) is 0.231. The van der Waals surface area contributed by atoms with Crippen LogP contribution in [0.3, 0.4) is 0 Å². The number of nitrogens with zero attached hydrogens (tertiary/aromatic N) is 1. The first-order chi connectivity index (χ1) is 14.8. The summed E-state index contributed by atoms with van der Waals surface area (Å²) in [4.78, 5) is 27.0. The molecule has 2 atom stereocenters. The molecule has 7 rings (SSSR count). The maximum Gasteiger partial charge on any atom is 0.240 e. The van der Waals surface area contributed by atoms with Crippen LogP contribution < -0.4 is 4.90 Å². The number of halogens is 2. The van der Waals surface area contributed by atoms with Gasteiger partial charge in [-0.1, -0.05) is 66.7 Å². The lowest BCUT2D eigenvalue weighted by atomic mass is 9.54. The second-order valence-corrected chi connectivity index (χ2v) is 9.91. The van der Waals surface area contributed by atoms with Gasteiger partial charge in [0.1, 0.15) is 9.75 Å². The molecule has 3 aliphatic carbocycles. The second-order valence-electron chi connectivity index (χ2n) is 8.72. The lowest BCUT2D eigenvalue weighted by Gasteiger charge is -2.54. The fourth-order valence-corrected chi connectivity index (χ4v) is 7.14. The molecule has 3 aromatic carbocycles. The van der Waals surface area contributed by atoms with Gasteiger partial charge in [-0.15, -0.1) is 23.2 Å². The van der Waals surface area contributed by atoms with Crippen LogP contribution in [0.2, 0.25) is 0 Å². The molecular weight excluding hydrogens is 429 g/mol. The molecule has 0 aromatic heterocycles. The number of anilines is 1. The lowest BCUT2D eigenvalue weighted by molar-refractivity contribution is -0.122. The Balaban J connectivity index is 1.68. The van der Waals surface area contributed by atoms with Crippen LogP contribution >= 0.6 is 23.2 Å². The topological polar surface area (TPSA) is 37.4 Å². The van der Waals surface area contributed by atoms with Crippen molar-refractivity contribution in [3.05, 3.63) is 100 Å². The molecule has 0 saturated carbocycles. The molecule has 3 nitrogen and oxygen atoms in total. The number of carbonyl (C=O) groups excluding carboxylic acids is 2. The summed E-state index contributed by atoms with van der Waals surface area (Å²) in [7, 11) is 0. The molecule has 31 heavy (non-hydrogen) atoms. The minimum atomic E-state index is -1.15. The maximum absolute atomic E-state index is 14.0. The van der Waals surface area contributed by atoms with Crippen molar-refractivity contribution in [3.8, 4) is 0 Å². The van der Waals surface area contributed by atoms with Crippen molar-refractivity contribution in [2.45, 2.75) is 23.6 Å². The summed E-state index contributed by atoms with van der Waals surface area (Å²) in [5.41, 5.74) is 5.64. The minimum Gasteiger partial charge on any atom is -0.274 e. The number of alkyl halides is 2. The summed E-state index contributed by atoms with van der Waals surface area (Å²) >= 11 is 14.9. The number of hydrogen-bond acceptors (Lipinski definition) is 2. The van der Waals surface area contributed by atoms with Gasteiger partial charge >= 0.3 is 0 Å². The van der Waals surface area contributed by atoms with Crippen LogP contribution in [0.25, 0.3) is 0 Å². The van der Waals surface area contributed by atoms with Crippen LogP contribution in [-0.2, 0) is 19.3 Å². The zero-order valence-electron chi connectivity index (χ0n) is 17.0. The Morgan fingerprint density at radius 2 is 1.00 bits per heavy atom. The van der Waals surface area contributed by atoms with Crippen molar-refractivity contribution in [1.29, 1.82) is 0 Å².